The molecule has 0 aliphatic rings. The Hall–Kier alpha value is -1.77. The molecule has 1 heterocycles. The average Bonchev–Trinajstić information content (AvgIpc) is 2.62. The number of aryl methyl sites for hydroxylation is 5. The number of ether oxygens (including phenoxy) is 1. The Morgan fingerprint density at radius 1 is 1.00 bits per heavy atom. The molecule has 0 unspecified atom stereocenters. The van der Waals surface area contributed by atoms with Gasteiger partial charge in [0.15, 0.2) is 0 Å². The van der Waals surface area contributed by atoms with Gasteiger partial charge in [0.2, 0.25) is 0 Å². The first-order valence-electron chi connectivity index (χ1n) is 6.17. The molecule has 0 radical (unpaired) electrons. The van der Waals surface area contributed by atoms with Crippen molar-refractivity contribution in [2.24, 2.45) is 7.05 Å². The highest BCUT2D eigenvalue weighted by Gasteiger charge is 2.06. The SMILES string of the molecule is Cc1cc(C)c(OCc2cc(C)n(C)n2)cc1C. The predicted octanol–water partition coefficient (Wildman–Crippen LogP) is 3.23. The molecule has 0 N–H and O–H groups in total. The van der Waals surface area contributed by atoms with Gasteiger partial charge in [0.05, 0.1) is 0 Å². The Bertz CT molecular complexity index is 551. The Labute approximate surface area is 108 Å². The number of hydrogen-bond donors (Lipinski definition) is 0. The van der Waals surface area contributed by atoms with Crippen LogP contribution in [0.5, 0.6) is 5.75 Å². The van der Waals surface area contributed by atoms with Gasteiger partial charge in [-0.2, -0.15) is 5.10 Å². The maximum absolute atomic E-state index is 5.85. The monoisotopic (exact) mass is 244 g/mol. The first kappa shape index (κ1) is 12.7. The summed E-state index contributed by atoms with van der Waals surface area (Å²) in [5, 5.41) is 4.39. The zero-order chi connectivity index (χ0) is 13.3. The van der Waals surface area contributed by atoms with Crippen LogP contribution in [0.15, 0.2) is 18.2 Å². The van der Waals surface area contributed by atoms with Gasteiger partial charge in [-0.05, 0) is 56.5 Å². The number of hydrogen-bond acceptors (Lipinski definition) is 2. The van der Waals surface area contributed by atoms with Crippen molar-refractivity contribution < 1.29 is 4.74 Å². The molecule has 96 valence electrons. The van der Waals surface area contributed by atoms with E-state index in [1.165, 1.54) is 16.7 Å². The van der Waals surface area contributed by atoms with Gasteiger partial charge >= 0.3 is 0 Å². The quantitative estimate of drug-likeness (QED) is 0.828. The summed E-state index contributed by atoms with van der Waals surface area (Å²) in [6, 6.07) is 6.31. The number of benzene rings is 1. The van der Waals surface area contributed by atoms with Crippen molar-refractivity contribution in [2.45, 2.75) is 34.3 Å². The Kier molecular flexibility index (Phi) is 3.41. The van der Waals surface area contributed by atoms with E-state index in [0.717, 1.165) is 17.1 Å². The topological polar surface area (TPSA) is 27.1 Å². The van der Waals surface area contributed by atoms with Gasteiger partial charge in [-0.15, -0.1) is 0 Å². The van der Waals surface area contributed by atoms with Gasteiger partial charge in [0, 0.05) is 12.7 Å². The molecule has 2 aromatic rings. The lowest BCUT2D eigenvalue weighted by molar-refractivity contribution is 0.297. The van der Waals surface area contributed by atoms with Crippen LogP contribution in [-0.4, -0.2) is 9.78 Å². The third-order valence-corrected chi connectivity index (χ3v) is 3.33. The number of rotatable bonds is 3. The van der Waals surface area contributed by atoms with Crippen LogP contribution in [0, 0.1) is 27.7 Å². The van der Waals surface area contributed by atoms with Crippen molar-refractivity contribution in [3.63, 3.8) is 0 Å². The van der Waals surface area contributed by atoms with E-state index < -0.39 is 0 Å². The normalized spacial score (nSPS) is 10.7. The van der Waals surface area contributed by atoms with Crippen LogP contribution >= 0.6 is 0 Å². The van der Waals surface area contributed by atoms with Gasteiger partial charge in [-0.25, -0.2) is 0 Å². The zero-order valence-corrected chi connectivity index (χ0v) is 11.7. The molecule has 2 rings (SSSR count). The van der Waals surface area contributed by atoms with E-state index in [1.807, 2.05) is 18.7 Å². The summed E-state index contributed by atoms with van der Waals surface area (Å²) in [6.45, 7) is 8.86. The summed E-state index contributed by atoms with van der Waals surface area (Å²) in [7, 11) is 1.94. The second kappa shape index (κ2) is 4.84. The van der Waals surface area contributed by atoms with Crippen molar-refractivity contribution in [1.82, 2.24) is 9.78 Å². The zero-order valence-electron chi connectivity index (χ0n) is 11.7. The van der Waals surface area contributed by atoms with Crippen LogP contribution < -0.4 is 4.74 Å². The molecule has 0 spiro atoms. The predicted molar refractivity (Wildman–Crippen MR) is 72.9 cm³/mol. The molecule has 3 heteroatoms. The standard InChI is InChI=1S/C15H20N2O/c1-10-6-12(3)15(7-11(10)2)18-9-14-8-13(4)17(5)16-14/h6-8H,9H2,1-5H3. The summed E-state index contributed by atoms with van der Waals surface area (Å²) >= 11 is 0. The number of nitrogens with zero attached hydrogens (tertiary/aromatic N) is 2. The van der Waals surface area contributed by atoms with Crippen LogP contribution in [-0.2, 0) is 13.7 Å². The van der Waals surface area contributed by atoms with Crippen LogP contribution in [0.2, 0.25) is 0 Å². The molecule has 18 heavy (non-hydrogen) atoms. The molecule has 0 aliphatic carbocycles. The minimum Gasteiger partial charge on any atom is -0.487 e. The Balaban J connectivity index is 2.13. The van der Waals surface area contributed by atoms with E-state index in [-0.39, 0.29) is 0 Å². The third-order valence-electron chi connectivity index (χ3n) is 3.33. The van der Waals surface area contributed by atoms with Crippen LogP contribution in [0.4, 0.5) is 0 Å². The lowest BCUT2D eigenvalue weighted by atomic mass is 10.1. The van der Waals surface area contributed by atoms with Gasteiger partial charge < -0.3 is 4.74 Å². The first-order chi connectivity index (χ1) is 8.47. The molecular formula is C15H20N2O. The fraction of sp³-hybridized carbons (Fsp3) is 0.400. The van der Waals surface area contributed by atoms with Crippen LogP contribution in [0.25, 0.3) is 0 Å². The fourth-order valence-corrected chi connectivity index (χ4v) is 1.95. The van der Waals surface area contributed by atoms with Gasteiger partial charge in [-0.3, -0.25) is 4.68 Å². The highest BCUT2D eigenvalue weighted by molar-refractivity contribution is 5.40. The molecule has 0 fully saturated rings. The molecule has 1 aromatic heterocycles. The molecule has 3 nitrogen and oxygen atoms in total. The first-order valence-corrected chi connectivity index (χ1v) is 6.17. The van der Waals surface area contributed by atoms with Crippen molar-refractivity contribution in [2.75, 3.05) is 0 Å². The van der Waals surface area contributed by atoms with E-state index in [4.69, 9.17) is 4.74 Å². The van der Waals surface area contributed by atoms with Gasteiger partial charge in [0.25, 0.3) is 0 Å². The molecule has 0 aliphatic heterocycles. The lowest BCUT2D eigenvalue weighted by Gasteiger charge is -2.10. The molecule has 0 saturated carbocycles. The maximum atomic E-state index is 5.85. The molecular weight excluding hydrogens is 224 g/mol. The molecule has 0 saturated heterocycles. The third kappa shape index (κ3) is 2.55. The smallest absolute Gasteiger partial charge is 0.132 e. The van der Waals surface area contributed by atoms with Crippen LogP contribution in [0.1, 0.15) is 28.1 Å². The molecule has 1 aromatic carbocycles. The highest BCUT2D eigenvalue weighted by atomic mass is 16.5. The highest BCUT2D eigenvalue weighted by Crippen LogP contribution is 2.23. The minimum atomic E-state index is 0.519. The Morgan fingerprint density at radius 2 is 1.67 bits per heavy atom. The number of aromatic nitrogens is 2. The molecule has 0 bridgehead atoms. The largest absolute Gasteiger partial charge is 0.487 e. The summed E-state index contributed by atoms with van der Waals surface area (Å²) in [5.41, 5.74) is 5.84. The molecule has 0 amide bonds. The van der Waals surface area contributed by atoms with E-state index in [1.54, 1.807) is 0 Å². The van der Waals surface area contributed by atoms with E-state index in [2.05, 4.69) is 44.1 Å². The second-order valence-electron chi connectivity index (χ2n) is 4.89. The van der Waals surface area contributed by atoms with Crippen molar-refractivity contribution >= 4 is 0 Å². The maximum Gasteiger partial charge on any atom is 0.132 e. The summed E-state index contributed by atoms with van der Waals surface area (Å²) in [6.07, 6.45) is 0. The molecule has 0 atom stereocenters. The van der Waals surface area contributed by atoms with Crippen molar-refractivity contribution in [3.05, 3.63) is 46.3 Å². The van der Waals surface area contributed by atoms with E-state index in [9.17, 15) is 0 Å². The lowest BCUT2D eigenvalue weighted by Crippen LogP contribution is -2.00. The van der Waals surface area contributed by atoms with Crippen LogP contribution in [0.3, 0.4) is 0 Å². The summed E-state index contributed by atoms with van der Waals surface area (Å²) in [5.74, 6) is 0.946. The van der Waals surface area contributed by atoms with E-state index in [0.29, 0.717) is 6.61 Å². The van der Waals surface area contributed by atoms with E-state index >= 15 is 0 Å². The van der Waals surface area contributed by atoms with Gasteiger partial charge in [-0.1, -0.05) is 6.07 Å². The van der Waals surface area contributed by atoms with Crippen molar-refractivity contribution in [3.8, 4) is 5.75 Å². The Morgan fingerprint density at radius 3 is 2.28 bits per heavy atom. The average molecular weight is 244 g/mol. The second-order valence-corrected chi connectivity index (χ2v) is 4.89. The van der Waals surface area contributed by atoms with Gasteiger partial charge in [0.1, 0.15) is 18.1 Å². The summed E-state index contributed by atoms with van der Waals surface area (Å²) < 4.78 is 7.72. The minimum absolute atomic E-state index is 0.519. The summed E-state index contributed by atoms with van der Waals surface area (Å²) in [4.78, 5) is 0. The fourth-order valence-electron chi connectivity index (χ4n) is 1.95. The van der Waals surface area contributed by atoms with Crippen molar-refractivity contribution in [1.29, 1.82) is 0 Å².